The number of hydrogen-bond acceptors (Lipinski definition) is 2. The highest BCUT2D eigenvalue weighted by Gasteiger charge is 2.45. The van der Waals surface area contributed by atoms with E-state index in [1.165, 1.54) is 12.8 Å². The monoisotopic (exact) mass is 238 g/mol. The minimum atomic E-state index is -0.237. The largest absolute Gasteiger partial charge is 0.348 e. The van der Waals surface area contributed by atoms with Crippen molar-refractivity contribution in [3.05, 3.63) is 12.7 Å². The van der Waals surface area contributed by atoms with Gasteiger partial charge in [-0.25, -0.2) is 0 Å². The van der Waals surface area contributed by atoms with Gasteiger partial charge in [-0.3, -0.25) is 0 Å². The highest BCUT2D eigenvalue weighted by atomic mass is 16.7. The van der Waals surface area contributed by atoms with Crippen LogP contribution in [0.1, 0.15) is 46.0 Å². The van der Waals surface area contributed by atoms with Crippen molar-refractivity contribution in [2.45, 2.75) is 51.7 Å². The van der Waals surface area contributed by atoms with Gasteiger partial charge in [0.15, 0.2) is 5.79 Å². The minimum absolute atomic E-state index is 0.237. The lowest BCUT2D eigenvalue weighted by molar-refractivity contribution is -0.201. The Bertz CT molecular complexity index is 254. The minimum Gasteiger partial charge on any atom is -0.348 e. The molecular weight excluding hydrogens is 212 g/mol. The summed E-state index contributed by atoms with van der Waals surface area (Å²) in [6.07, 6.45) is 7.90. The van der Waals surface area contributed by atoms with Gasteiger partial charge in [-0.1, -0.05) is 19.9 Å². The van der Waals surface area contributed by atoms with Crippen LogP contribution in [0, 0.1) is 17.8 Å². The predicted molar refractivity (Wildman–Crippen MR) is 69.7 cm³/mol. The molecule has 2 rings (SSSR count). The van der Waals surface area contributed by atoms with Gasteiger partial charge in [0.1, 0.15) is 0 Å². The van der Waals surface area contributed by atoms with Crippen LogP contribution in [0.15, 0.2) is 12.7 Å². The molecule has 1 saturated carbocycles. The maximum atomic E-state index is 5.92. The summed E-state index contributed by atoms with van der Waals surface area (Å²) >= 11 is 0. The van der Waals surface area contributed by atoms with Gasteiger partial charge < -0.3 is 9.47 Å². The zero-order valence-corrected chi connectivity index (χ0v) is 11.3. The number of ether oxygens (including phenoxy) is 2. The van der Waals surface area contributed by atoms with E-state index < -0.39 is 0 Å². The summed E-state index contributed by atoms with van der Waals surface area (Å²) < 4.78 is 11.8. The SMILES string of the molecule is C=CCCC1CC(C(C)C)CC2(C1)OCCO2. The quantitative estimate of drug-likeness (QED) is 0.694. The Balaban J connectivity index is 2.01. The van der Waals surface area contributed by atoms with E-state index in [-0.39, 0.29) is 5.79 Å². The molecule has 98 valence electrons. The summed E-state index contributed by atoms with van der Waals surface area (Å²) in [4.78, 5) is 0. The van der Waals surface area contributed by atoms with Crippen molar-refractivity contribution >= 4 is 0 Å². The zero-order valence-electron chi connectivity index (χ0n) is 11.3. The third-order valence-electron chi connectivity index (χ3n) is 4.34. The molecule has 0 bridgehead atoms. The van der Waals surface area contributed by atoms with Crippen molar-refractivity contribution in [2.24, 2.45) is 17.8 Å². The summed E-state index contributed by atoms with van der Waals surface area (Å²) in [6, 6.07) is 0. The van der Waals surface area contributed by atoms with Gasteiger partial charge >= 0.3 is 0 Å². The van der Waals surface area contributed by atoms with Crippen LogP contribution in [0.4, 0.5) is 0 Å². The summed E-state index contributed by atoms with van der Waals surface area (Å²) in [5, 5.41) is 0. The molecule has 0 radical (unpaired) electrons. The standard InChI is InChI=1S/C15H26O2/c1-4-5-6-13-9-14(12(2)3)11-15(10-13)16-7-8-17-15/h4,12-14H,1,5-11H2,2-3H3. The molecule has 1 heterocycles. The topological polar surface area (TPSA) is 18.5 Å². The molecule has 1 aliphatic carbocycles. The predicted octanol–water partition coefficient (Wildman–Crippen LogP) is 3.77. The Hall–Kier alpha value is -0.340. The van der Waals surface area contributed by atoms with Gasteiger partial charge in [-0.05, 0) is 37.0 Å². The van der Waals surface area contributed by atoms with Crippen molar-refractivity contribution in [1.29, 1.82) is 0 Å². The normalized spacial score (nSPS) is 32.2. The van der Waals surface area contributed by atoms with E-state index in [1.807, 2.05) is 6.08 Å². The molecule has 0 aromatic heterocycles. The Morgan fingerprint density at radius 1 is 1.29 bits per heavy atom. The van der Waals surface area contributed by atoms with Gasteiger partial charge in [0, 0.05) is 12.8 Å². The summed E-state index contributed by atoms with van der Waals surface area (Å²) in [7, 11) is 0. The first-order valence-corrected chi connectivity index (χ1v) is 7.04. The lowest BCUT2D eigenvalue weighted by Crippen LogP contribution is -2.41. The van der Waals surface area contributed by atoms with Crippen LogP contribution in [0.3, 0.4) is 0 Å². The van der Waals surface area contributed by atoms with E-state index in [2.05, 4.69) is 20.4 Å². The number of rotatable bonds is 4. The fourth-order valence-corrected chi connectivity index (χ4v) is 3.33. The Labute approximate surface area is 105 Å². The van der Waals surface area contributed by atoms with Gasteiger partial charge in [0.2, 0.25) is 0 Å². The summed E-state index contributed by atoms with van der Waals surface area (Å²) in [5.74, 6) is 1.98. The second-order valence-electron chi connectivity index (χ2n) is 5.99. The molecule has 0 amide bonds. The molecule has 2 atom stereocenters. The molecule has 0 N–H and O–H groups in total. The molecule has 2 unspecified atom stereocenters. The van der Waals surface area contributed by atoms with E-state index in [9.17, 15) is 0 Å². The van der Waals surface area contributed by atoms with Gasteiger partial charge in [0.25, 0.3) is 0 Å². The van der Waals surface area contributed by atoms with E-state index in [1.54, 1.807) is 0 Å². The van der Waals surface area contributed by atoms with E-state index in [0.717, 1.165) is 50.2 Å². The second-order valence-corrected chi connectivity index (χ2v) is 5.99. The first-order valence-electron chi connectivity index (χ1n) is 7.04. The third kappa shape index (κ3) is 3.11. The molecule has 2 nitrogen and oxygen atoms in total. The number of hydrogen-bond donors (Lipinski definition) is 0. The highest BCUT2D eigenvalue weighted by Crippen LogP contribution is 2.45. The molecule has 0 aromatic rings. The number of allylic oxidation sites excluding steroid dienone is 1. The first-order chi connectivity index (χ1) is 8.15. The molecule has 2 aliphatic rings. The lowest BCUT2D eigenvalue weighted by atomic mass is 9.72. The Morgan fingerprint density at radius 2 is 2.00 bits per heavy atom. The van der Waals surface area contributed by atoms with Gasteiger partial charge in [-0.15, -0.1) is 6.58 Å². The maximum absolute atomic E-state index is 5.92. The van der Waals surface area contributed by atoms with Crippen molar-refractivity contribution in [3.63, 3.8) is 0 Å². The van der Waals surface area contributed by atoms with Crippen molar-refractivity contribution in [1.82, 2.24) is 0 Å². The van der Waals surface area contributed by atoms with Crippen LogP contribution in [-0.4, -0.2) is 19.0 Å². The van der Waals surface area contributed by atoms with Crippen LogP contribution in [0.5, 0.6) is 0 Å². The average Bonchev–Trinajstić information content (AvgIpc) is 2.73. The van der Waals surface area contributed by atoms with E-state index >= 15 is 0 Å². The Morgan fingerprint density at radius 3 is 2.59 bits per heavy atom. The molecule has 1 spiro atoms. The molecule has 1 saturated heterocycles. The van der Waals surface area contributed by atoms with Crippen LogP contribution in [-0.2, 0) is 9.47 Å². The summed E-state index contributed by atoms with van der Waals surface area (Å²) in [5.41, 5.74) is 0. The molecular formula is C15H26O2. The van der Waals surface area contributed by atoms with Crippen LogP contribution in [0.25, 0.3) is 0 Å². The highest BCUT2D eigenvalue weighted by molar-refractivity contribution is 4.89. The molecule has 2 fully saturated rings. The fourth-order valence-electron chi connectivity index (χ4n) is 3.33. The van der Waals surface area contributed by atoms with E-state index in [4.69, 9.17) is 9.47 Å². The van der Waals surface area contributed by atoms with Crippen LogP contribution < -0.4 is 0 Å². The van der Waals surface area contributed by atoms with Crippen molar-refractivity contribution in [2.75, 3.05) is 13.2 Å². The Kier molecular flexibility index (Phi) is 4.26. The fraction of sp³-hybridized carbons (Fsp3) is 0.867. The van der Waals surface area contributed by atoms with Crippen LogP contribution in [0.2, 0.25) is 0 Å². The first kappa shape index (κ1) is 13.1. The molecule has 0 aromatic carbocycles. The smallest absolute Gasteiger partial charge is 0.169 e. The summed E-state index contributed by atoms with van der Waals surface area (Å²) in [6.45, 7) is 10.0. The van der Waals surface area contributed by atoms with Gasteiger partial charge in [-0.2, -0.15) is 0 Å². The lowest BCUT2D eigenvalue weighted by Gasteiger charge is -2.42. The van der Waals surface area contributed by atoms with Gasteiger partial charge in [0.05, 0.1) is 13.2 Å². The molecule has 1 aliphatic heterocycles. The van der Waals surface area contributed by atoms with E-state index in [0.29, 0.717) is 0 Å². The third-order valence-corrected chi connectivity index (χ3v) is 4.34. The molecule has 2 heteroatoms. The molecule has 17 heavy (non-hydrogen) atoms. The average molecular weight is 238 g/mol. The zero-order chi connectivity index (χ0) is 12.3. The van der Waals surface area contributed by atoms with Crippen molar-refractivity contribution < 1.29 is 9.47 Å². The maximum Gasteiger partial charge on any atom is 0.169 e. The second kappa shape index (κ2) is 5.53. The van der Waals surface area contributed by atoms with Crippen molar-refractivity contribution in [3.8, 4) is 0 Å². The van der Waals surface area contributed by atoms with Crippen LogP contribution >= 0.6 is 0 Å².